The van der Waals surface area contributed by atoms with E-state index in [9.17, 15) is 17.6 Å². The number of nitrogens with two attached hydrogens (primary N) is 1. The van der Waals surface area contributed by atoms with E-state index in [0.29, 0.717) is 25.9 Å². The first-order valence-corrected chi connectivity index (χ1v) is 6.23. The first-order chi connectivity index (χ1) is 8.91. The van der Waals surface area contributed by atoms with Crippen molar-refractivity contribution in [2.24, 2.45) is 11.7 Å². The summed E-state index contributed by atoms with van der Waals surface area (Å²) in [6.45, 7) is 1.41. The third kappa shape index (κ3) is 3.62. The summed E-state index contributed by atoms with van der Waals surface area (Å²) in [6, 6.07) is 2.07. The number of rotatable bonds is 2. The topological polar surface area (TPSA) is 38.0 Å². The molecule has 1 heterocycles. The summed E-state index contributed by atoms with van der Waals surface area (Å²) in [4.78, 5) is 0. The van der Waals surface area contributed by atoms with Crippen LogP contribution in [0.25, 0.3) is 0 Å². The van der Waals surface area contributed by atoms with Crippen LogP contribution in [0.1, 0.15) is 30.0 Å². The van der Waals surface area contributed by atoms with E-state index in [4.69, 9.17) is 5.73 Å². The van der Waals surface area contributed by atoms with E-state index in [1.807, 2.05) is 0 Å². The number of hydrogen-bond acceptors (Lipinski definition) is 2. The average Bonchev–Trinajstić information content (AvgIpc) is 2.37. The molecule has 3 N–H and O–H groups in total. The number of hydrogen-bond donors (Lipinski definition) is 2. The Morgan fingerprint density at radius 1 is 1.20 bits per heavy atom. The second kappa shape index (κ2) is 6.74. The van der Waals surface area contributed by atoms with Crippen molar-refractivity contribution >= 4 is 12.4 Å². The Labute approximate surface area is 121 Å². The summed E-state index contributed by atoms with van der Waals surface area (Å²) in [7, 11) is 0. The Morgan fingerprint density at radius 2 is 1.80 bits per heavy atom. The summed E-state index contributed by atoms with van der Waals surface area (Å²) < 4.78 is 52.6. The fraction of sp³-hybridized carbons (Fsp3) is 0.538. The zero-order valence-electron chi connectivity index (χ0n) is 10.7. The SMILES string of the molecule is Cl.N[C@@H](c1c(F)cccc1C(F)(F)F)C1CCNCC1. The molecule has 0 aromatic heterocycles. The molecule has 1 fully saturated rings. The lowest BCUT2D eigenvalue weighted by Crippen LogP contribution is -2.35. The molecule has 1 aromatic rings. The van der Waals surface area contributed by atoms with Gasteiger partial charge >= 0.3 is 6.18 Å². The maximum atomic E-state index is 13.8. The molecular weight excluding hydrogens is 296 g/mol. The highest BCUT2D eigenvalue weighted by Crippen LogP contribution is 2.38. The zero-order valence-corrected chi connectivity index (χ0v) is 11.5. The minimum atomic E-state index is -4.58. The molecule has 2 rings (SSSR count). The van der Waals surface area contributed by atoms with Gasteiger partial charge in [0.2, 0.25) is 0 Å². The minimum absolute atomic E-state index is 0. The monoisotopic (exact) mass is 312 g/mol. The van der Waals surface area contributed by atoms with Gasteiger partial charge in [0.15, 0.2) is 0 Å². The molecule has 2 nitrogen and oxygen atoms in total. The standard InChI is InChI=1S/C13H16F4N2.ClH/c14-10-3-1-2-9(13(15,16)17)11(10)12(18)8-4-6-19-7-5-8;/h1-3,8,12,19H,4-7,18H2;1H/t12-;/m1./s1. The molecule has 1 saturated heterocycles. The second-order valence-electron chi connectivity index (χ2n) is 4.81. The number of alkyl halides is 3. The third-order valence-corrected chi connectivity index (χ3v) is 3.58. The van der Waals surface area contributed by atoms with Gasteiger partial charge in [-0.25, -0.2) is 4.39 Å². The minimum Gasteiger partial charge on any atom is -0.324 e. The Balaban J connectivity index is 0.00000200. The van der Waals surface area contributed by atoms with Crippen LogP contribution < -0.4 is 11.1 Å². The Hall–Kier alpha value is -0.850. The highest BCUT2D eigenvalue weighted by Gasteiger charge is 2.37. The van der Waals surface area contributed by atoms with Crippen molar-refractivity contribution in [1.29, 1.82) is 0 Å². The molecule has 1 aromatic carbocycles. The highest BCUT2D eigenvalue weighted by molar-refractivity contribution is 5.85. The molecular formula is C13H17ClF4N2. The van der Waals surface area contributed by atoms with Gasteiger partial charge in [0, 0.05) is 11.6 Å². The van der Waals surface area contributed by atoms with Crippen LogP contribution >= 0.6 is 12.4 Å². The molecule has 0 aliphatic carbocycles. The van der Waals surface area contributed by atoms with Crippen molar-refractivity contribution in [2.75, 3.05) is 13.1 Å². The lowest BCUT2D eigenvalue weighted by atomic mass is 9.84. The molecule has 1 aliphatic heterocycles. The van der Waals surface area contributed by atoms with Crippen molar-refractivity contribution < 1.29 is 17.6 Å². The van der Waals surface area contributed by atoms with Gasteiger partial charge in [0.1, 0.15) is 5.82 Å². The second-order valence-corrected chi connectivity index (χ2v) is 4.81. The predicted octanol–water partition coefficient (Wildman–Crippen LogP) is 3.27. The molecule has 0 bridgehead atoms. The zero-order chi connectivity index (χ0) is 14.0. The molecule has 20 heavy (non-hydrogen) atoms. The van der Waals surface area contributed by atoms with Crippen molar-refractivity contribution in [3.63, 3.8) is 0 Å². The van der Waals surface area contributed by atoms with Crippen LogP contribution in [-0.2, 0) is 6.18 Å². The summed E-state index contributed by atoms with van der Waals surface area (Å²) >= 11 is 0. The van der Waals surface area contributed by atoms with Gasteiger partial charge in [-0.15, -0.1) is 12.4 Å². The third-order valence-electron chi connectivity index (χ3n) is 3.58. The van der Waals surface area contributed by atoms with E-state index in [2.05, 4.69) is 5.32 Å². The first-order valence-electron chi connectivity index (χ1n) is 6.23. The van der Waals surface area contributed by atoms with Crippen LogP contribution in [0.3, 0.4) is 0 Å². The lowest BCUT2D eigenvalue weighted by Gasteiger charge is -2.30. The van der Waals surface area contributed by atoms with Gasteiger partial charge in [-0.1, -0.05) is 6.07 Å². The smallest absolute Gasteiger partial charge is 0.324 e. The van der Waals surface area contributed by atoms with Crippen LogP contribution in [0, 0.1) is 11.7 Å². The molecule has 7 heteroatoms. The van der Waals surface area contributed by atoms with E-state index >= 15 is 0 Å². The molecule has 0 amide bonds. The first kappa shape index (κ1) is 17.2. The normalized spacial score (nSPS) is 18.4. The van der Waals surface area contributed by atoms with Gasteiger partial charge in [-0.05, 0) is 44.0 Å². The lowest BCUT2D eigenvalue weighted by molar-refractivity contribution is -0.138. The van der Waals surface area contributed by atoms with Crippen molar-refractivity contribution in [3.8, 4) is 0 Å². The molecule has 0 saturated carbocycles. The number of piperidine rings is 1. The van der Waals surface area contributed by atoms with Crippen LogP contribution in [0.4, 0.5) is 17.6 Å². The number of benzene rings is 1. The van der Waals surface area contributed by atoms with Crippen LogP contribution in [0.5, 0.6) is 0 Å². The maximum absolute atomic E-state index is 13.8. The van der Waals surface area contributed by atoms with Crippen molar-refractivity contribution in [3.05, 3.63) is 35.1 Å². The van der Waals surface area contributed by atoms with Gasteiger partial charge in [0.05, 0.1) is 5.56 Å². The van der Waals surface area contributed by atoms with Crippen molar-refractivity contribution in [1.82, 2.24) is 5.32 Å². The largest absolute Gasteiger partial charge is 0.416 e. The fourth-order valence-electron chi connectivity index (χ4n) is 2.56. The van der Waals surface area contributed by atoms with E-state index in [-0.39, 0.29) is 18.3 Å². The molecule has 1 aliphatic rings. The quantitative estimate of drug-likeness (QED) is 0.823. The molecule has 0 spiro atoms. The highest BCUT2D eigenvalue weighted by atomic mass is 35.5. The van der Waals surface area contributed by atoms with Gasteiger partial charge in [0.25, 0.3) is 0 Å². The summed E-state index contributed by atoms with van der Waals surface area (Å²) in [5, 5.41) is 3.11. The van der Waals surface area contributed by atoms with Gasteiger partial charge in [-0.3, -0.25) is 0 Å². The van der Waals surface area contributed by atoms with E-state index in [1.165, 1.54) is 0 Å². The average molecular weight is 313 g/mol. The summed E-state index contributed by atoms with van der Waals surface area (Å²) in [6.07, 6.45) is -3.26. The maximum Gasteiger partial charge on any atom is 0.416 e. The number of nitrogens with one attached hydrogen (secondary N) is 1. The van der Waals surface area contributed by atoms with Gasteiger partial charge in [-0.2, -0.15) is 13.2 Å². The molecule has 1 atom stereocenters. The summed E-state index contributed by atoms with van der Waals surface area (Å²) in [5.74, 6) is -1.000. The van der Waals surface area contributed by atoms with Crippen LogP contribution in [0.2, 0.25) is 0 Å². The number of halogens is 5. The van der Waals surface area contributed by atoms with E-state index in [0.717, 1.165) is 18.2 Å². The molecule has 114 valence electrons. The Morgan fingerprint density at radius 3 is 2.35 bits per heavy atom. The van der Waals surface area contributed by atoms with Crippen molar-refractivity contribution in [2.45, 2.75) is 25.1 Å². The van der Waals surface area contributed by atoms with E-state index < -0.39 is 29.2 Å². The Bertz CT molecular complexity index is 444. The summed E-state index contributed by atoms with van der Waals surface area (Å²) in [5.41, 5.74) is 4.54. The van der Waals surface area contributed by atoms with Crippen LogP contribution in [-0.4, -0.2) is 13.1 Å². The fourth-order valence-corrected chi connectivity index (χ4v) is 2.56. The molecule has 0 unspecified atom stereocenters. The molecule has 0 radical (unpaired) electrons. The Kier molecular flexibility index (Phi) is 5.79. The van der Waals surface area contributed by atoms with Gasteiger partial charge < -0.3 is 11.1 Å². The van der Waals surface area contributed by atoms with Crippen LogP contribution in [0.15, 0.2) is 18.2 Å². The van der Waals surface area contributed by atoms with E-state index in [1.54, 1.807) is 0 Å². The predicted molar refractivity (Wildman–Crippen MR) is 71.2 cm³/mol.